The van der Waals surface area contributed by atoms with Crippen molar-refractivity contribution in [3.05, 3.63) is 76.8 Å². The number of hydrogen-bond acceptors (Lipinski definition) is 7. The van der Waals surface area contributed by atoms with Crippen LogP contribution in [-0.2, 0) is 0 Å². The molecule has 0 radical (unpaired) electrons. The van der Waals surface area contributed by atoms with E-state index in [-0.39, 0.29) is 40.2 Å². The van der Waals surface area contributed by atoms with Crippen LogP contribution in [-0.4, -0.2) is 53.8 Å². The maximum atomic E-state index is 13.1. The molecule has 4 rings (SSSR count). The lowest BCUT2D eigenvalue weighted by atomic mass is 10.1. The van der Waals surface area contributed by atoms with Crippen molar-refractivity contribution >= 4 is 51.8 Å². The molecule has 10 nitrogen and oxygen atoms in total. The molecule has 1 aromatic carbocycles. The summed E-state index contributed by atoms with van der Waals surface area (Å²) in [5.74, 6) is -1.14. The summed E-state index contributed by atoms with van der Waals surface area (Å²) in [6.45, 7) is 0. The Morgan fingerprint density at radius 1 is 0.943 bits per heavy atom. The van der Waals surface area contributed by atoms with Crippen molar-refractivity contribution < 1.29 is 23.5 Å². The highest BCUT2D eigenvalue weighted by Crippen LogP contribution is 2.37. The number of ether oxygens (including phenoxy) is 1. The van der Waals surface area contributed by atoms with Gasteiger partial charge in [-0.25, -0.2) is 9.97 Å². The molecule has 0 bridgehead atoms. The smallest absolute Gasteiger partial charge is 0.294 e. The fraction of sp³-hybridized carbons (Fsp3) is 0.125. The van der Waals surface area contributed by atoms with Gasteiger partial charge in [-0.1, -0.05) is 11.6 Å². The number of nitrogens with one attached hydrogen (secondary N) is 2. The van der Waals surface area contributed by atoms with Crippen molar-refractivity contribution in [1.82, 2.24) is 14.9 Å². The van der Waals surface area contributed by atoms with Gasteiger partial charge in [0.15, 0.2) is 0 Å². The Hall–Kier alpha value is -4.44. The molecule has 0 saturated carbocycles. The van der Waals surface area contributed by atoms with Crippen LogP contribution in [0.15, 0.2) is 59.3 Å². The Bertz CT molecular complexity index is 1420. The van der Waals surface area contributed by atoms with Gasteiger partial charge in [0.05, 0.1) is 12.1 Å². The van der Waals surface area contributed by atoms with E-state index in [4.69, 9.17) is 20.8 Å². The zero-order chi connectivity index (χ0) is 25.1. The highest BCUT2D eigenvalue weighted by molar-refractivity contribution is 6.30. The molecule has 11 heteroatoms. The lowest BCUT2D eigenvalue weighted by Crippen LogP contribution is -2.22. The second-order valence-electron chi connectivity index (χ2n) is 7.55. The molecule has 0 atom stereocenters. The monoisotopic (exact) mass is 493 g/mol. The molecule has 0 aliphatic rings. The number of benzene rings is 1. The summed E-state index contributed by atoms with van der Waals surface area (Å²) in [5.41, 5.74) is 1.06. The van der Waals surface area contributed by atoms with Gasteiger partial charge in [0.25, 0.3) is 17.7 Å². The second-order valence-corrected chi connectivity index (χ2v) is 7.98. The van der Waals surface area contributed by atoms with Gasteiger partial charge >= 0.3 is 0 Å². The number of carbonyl (C=O) groups excluding carboxylic acids is 3. The number of pyridine rings is 2. The average molecular weight is 494 g/mol. The zero-order valence-electron chi connectivity index (χ0n) is 19.0. The van der Waals surface area contributed by atoms with Crippen LogP contribution >= 0.6 is 11.6 Å². The normalized spacial score (nSPS) is 10.6. The third kappa shape index (κ3) is 4.92. The maximum Gasteiger partial charge on any atom is 0.294 e. The number of carbonyl (C=O) groups is 3. The summed E-state index contributed by atoms with van der Waals surface area (Å²) in [6, 6.07) is 10.8. The Balaban J connectivity index is 1.69. The number of nitrogens with zero attached hydrogens (tertiary/aromatic N) is 3. The molecular formula is C24H20ClN5O5. The number of furan rings is 1. The van der Waals surface area contributed by atoms with E-state index in [0.717, 1.165) is 0 Å². The molecule has 0 spiro atoms. The highest BCUT2D eigenvalue weighted by atomic mass is 35.5. The van der Waals surface area contributed by atoms with Crippen molar-refractivity contribution in [3.63, 3.8) is 0 Å². The van der Waals surface area contributed by atoms with E-state index in [0.29, 0.717) is 16.0 Å². The average Bonchev–Trinajstić information content (AvgIpc) is 3.23. The summed E-state index contributed by atoms with van der Waals surface area (Å²) < 4.78 is 11.1. The van der Waals surface area contributed by atoms with Crippen LogP contribution in [0.1, 0.15) is 31.3 Å². The van der Waals surface area contributed by atoms with Crippen LogP contribution in [0, 0.1) is 0 Å². The van der Waals surface area contributed by atoms with Gasteiger partial charge in [-0.3, -0.25) is 14.4 Å². The highest BCUT2D eigenvalue weighted by Gasteiger charge is 2.26. The number of anilines is 2. The van der Waals surface area contributed by atoms with E-state index in [2.05, 4.69) is 20.6 Å². The lowest BCUT2D eigenvalue weighted by Gasteiger charge is -2.11. The first kappa shape index (κ1) is 23.7. The van der Waals surface area contributed by atoms with Crippen LogP contribution in [0.5, 0.6) is 5.88 Å². The number of hydrogen-bond donors (Lipinski definition) is 2. The van der Waals surface area contributed by atoms with Crippen LogP contribution in [0.2, 0.25) is 5.02 Å². The van der Waals surface area contributed by atoms with Crippen molar-refractivity contribution in [1.29, 1.82) is 0 Å². The fourth-order valence-electron chi connectivity index (χ4n) is 3.28. The van der Waals surface area contributed by atoms with Gasteiger partial charge in [-0.05, 0) is 36.4 Å². The van der Waals surface area contributed by atoms with Gasteiger partial charge in [-0.2, -0.15) is 0 Å². The van der Waals surface area contributed by atoms with E-state index < -0.39 is 11.8 Å². The quantitative estimate of drug-likeness (QED) is 0.414. The van der Waals surface area contributed by atoms with Crippen LogP contribution in [0.3, 0.4) is 0 Å². The fourth-order valence-corrected chi connectivity index (χ4v) is 3.39. The SMILES string of the molecule is COc1nccc2oc(C(=O)Nc3ccc(Cl)cn3)c(NC(=O)c3ccc(C(=O)N(C)C)cc3)c12. The molecule has 3 heterocycles. The first-order chi connectivity index (χ1) is 16.8. The summed E-state index contributed by atoms with van der Waals surface area (Å²) in [7, 11) is 4.69. The molecule has 35 heavy (non-hydrogen) atoms. The van der Waals surface area contributed by atoms with Crippen molar-refractivity contribution in [2.75, 3.05) is 31.8 Å². The molecule has 0 unspecified atom stereocenters. The van der Waals surface area contributed by atoms with E-state index in [1.807, 2.05) is 0 Å². The molecule has 3 amide bonds. The summed E-state index contributed by atoms with van der Waals surface area (Å²) in [5, 5.41) is 6.06. The Morgan fingerprint density at radius 2 is 1.66 bits per heavy atom. The first-order valence-corrected chi connectivity index (χ1v) is 10.7. The summed E-state index contributed by atoms with van der Waals surface area (Å²) in [4.78, 5) is 47.9. The van der Waals surface area contributed by atoms with Gasteiger partial charge < -0.3 is 24.7 Å². The van der Waals surface area contributed by atoms with Crippen LogP contribution in [0.25, 0.3) is 11.0 Å². The number of rotatable bonds is 6. The summed E-state index contributed by atoms with van der Waals surface area (Å²) >= 11 is 5.85. The number of methoxy groups -OCH3 is 1. The molecule has 178 valence electrons. The topological polar surface area (TPSA) is 127 Å². The minimum Gasteiger partial charge on any atom is -0.480 e. The van der Waals surface area contributed by atoms with Gasteiger partial charge in [0.2, 0.25) is 11.6 Å². The minimum absolute atomic E-state index is 0.0786. The van der Waals surface area contributed by atoms with Crippen LogP contribution < -0.4 is 15.4 Å². The molecule has 0 aliphatic heterocycles. The van der Waals surface area contributed by atoms with Gasteiger partial charge in [0, 0.05) is 43.7 Å². The minimum atomic E-state index is -0.652. The Labute approximate surface area is 204 Å². The number of aromatic nitrogens is 2. The van der Waals surface area contributed by atoms with Crippen LogP contribution in [0.4, 0.5) is 11.5 Å². The van der Waals surface area contributed by atoms with Crippen molar-refractivity contribution in [2.45, 2.75) is 0 Å². The van der Waals surface area contributed by atoms with E-state index in [9.17, 15) is 14.4 Å². The van der Waals surface area contributed by atoms with Crippen molar-refractivity contribution in [2.24, 2.45) is 0 Å². The Morgan fingerprint density at radius 3 is 2.29 bits per heavy atom. The van der Waals surface area contributed by atoms with E-state index in [1.54, 1.807) is 38.4 Å². The third-order valence-electron chi connectivity index (χ3n) is 4.97. The second kappa shape index (κ2) is 9.82. The molecule has 0 fully saturated rings. The molecule has 4 aromatic rings. The first-order valence-electron chi connectivity index (χ1n) is 10.3. The van der Waals surface area contributed by atoms with E-state index >= 15 is 0 Å². The molecule has 2 N–H and O–H groups in total. The predicted octanol–water partition coefficient (Wildman–Crippen LogP) is 4.09. The third-order valence-corrected chi connectivity index (χ3v) is 5.20. The molecule has 3 aromatic heterocycles. The maximum absolute atomic E-state index is 13.1. The number of fused-ring (bicyclic) bond motifs is 1. The predicted molar refractivity (Wildman–Crippen MR) is 130 cm³/mol. The standard InChI is InChI=1S/C24H20ClN5O5/c1-30(2)24(33)14-6-4-13(5-7-14)21(31)29-19-18-16(10-11-26-23(18)34-3)35-20(19)22(32)28-17-9-8-15(25)12-27-17/h4-12H,1-3H3,(H,29,31)(H,27,28,32). The van der Waals surface area contributed by atoms with Gasteiger partial charge in [-0.15, -0.1) is 0 Å². The molecule has 0 aliphatic carbocycles. The number of amides is 3. The lowest BCUT2D eigenvalue weighted by molar-refractivity contribution is 0.0826. The van der Waals surface area contributed by atoms with Gasteiger partial charge in [0.1, 0.15) is 22.5 Å². The largest absolute Gasteiger partial charge is 0.480 e. The molecular weight excluding hydrogens is 474 g/mol. The zero-order valence-corrected chi connectivity index (χ0v) is 19.7. The number of halogens is 1. The van der Waals surface area contributed by atoms with E-state index in [1.165, 1.54) is 42.6 Å². The summed E-state index contributed by atoms with van der Waals surface area (Å²) in [6.07, 6.45) is 2.84. The van der Waals surface area contributed by atoms with Crippen molar-refractivity contribution in [3.8, 4) is 5.88 Å². The Kier molecular flexibility index (Phi) is 6.65. The molecule has 0 saturated heterocycles.